The zero-order valence-corrected chi connectivity index (χ0v) is 11.8. The molecule has 0 bridgehead atoms. The van der Waals surface area contributed by atoms with Crippen LogP contribution in [-0.2, 0) is 0 Å². The Labute approximate surface area is 106 Å². The molecule has 92 valence electrons. The van der Waals surface area contributed by atoms with Gasteiger partial charge in [-0.05, 0) is 6.42 Å². The van der Waals surface area contributed by atoms with Gasteiger partial charge in [-0.1, -0.05) is 62.1 Å². The van der Waals surface area contributed by atoms with Crippen molar-refractivity contribution in [2.45, 2.75) is 49.8 Å². The van der Waals surface area contributed by atoms with Gasteiger partial charge in [0.25, 0.3) is 0 Å². The van der Waals surface area contributed by atoms with Gasteiger partial charge in [0, 0.05) is 12.8 Å². The van der Waals surface area contributed by atoms with Crippen LogP contribution < -0.4 is 5.32 Å². The topological polar surface area (TPSA) is 37.8 Å². The van der Waals surface area contributed by atoms with Gasteiger partial charge < -0.3 is 5.32 Å². The summed E-state index contributed by atoms with van der Waals surface area (Å²) < 4.78 is 1.08. The van der Waals surface area contributed by atoms with Crippen LogP contribution in [0, 0.1) is 0 Å². The summed E-state index contributed by atoms with van der Waals surface area (Å²) in [7, 11) is 1.88. The van der Waals surface area contributed by atoms with Crippen LogP contribution in [0.5, 0.6) is 0 Å². The molecule has 1 rings (SSSR count). The molecule has 0 aliphatic carbocycles. The third kappa shape index (κ3) is 5.70. The number of nitrogens with zero attached hydrogens (tertiary/aromatic N) is 2. The van der Waals surface area contributed by atoms with Crippen LogP contribution in [0.2, 0.25) is 0 Å². The number of anilines is 1. The molecule has 1 heterocycles. The summed E-state index contributed by atoms with van der Waals surface area (Å²) in [6.07, 6.45) is 8.13. The average molecular weight is 259 g/mol. The van der Waals surface area contributed by atoms with Crippen LogP contribution in [-0.4, -0.2) is 23.0 Å². The first-order valence-corrected chi connectivity index (χ1v) is 7.81. The highest BCUT2D eigenvalue weighted by molar-refractivity contribution is 8.01. The first-order chi connectivity index (χ1) is 7.86. The second-order valence-corrected chi connectivity index (χ2v) is 6.06. The van der Waals surface area contributed by atoms with Crippen molar-refractivity contribution in [1.29, 1.82) is 0 Å². The normalized spacial score (nSPS) is 10.6. The third-order valence-corrected chi connectivity index (χ3v) is 4.50. The van der Waals surface area contributed by atoms with Crippen LogP contribution in [0.1, 0.15) is 45.4 Å². The van der Waals surface area contributed by atoms with Crippen molar-refractivity contribution in [2.24, 2.45) is 0 Å². The second kappa shape index (κ2) is 8.82. The number of nitrogens with one attached hydrogen (secondary N) is 1. The average Bonchev–Trinajstić information content (AvgIpc) is 2.76. The molecule has 16 heavy (non-hydrogen) atoms. The number of unbranched alkanes of at least 4 members (excludes halogenated alkanes) is 5. The second-order valence-electron chi connectivity index (χ2n) is 3.74. The molecule has 0 unspecified atom stereocenters. The molecular weight excluding hydrogens is 238 g/mol. The van der Waals surface area contributed by atoms with Gasteiger partial charge in [-0.2, -0.15) is 0 Å². The Morgan fingerprint density at radius 2 is 1.88 bits per heavy atom. The lowest BCUT2D eigenvalue weighted by Crippen LogP contribution is -1.84. The zero-order valence-electron chi connectivity index (χ0n) is 10.2. The van der Waals surface area contributed by atoms with E-state index < -0.39 is 0 Å². The summed E-state index contributed by atoms with van der Waals surface area (Å²) in [5.74, 6) is 1.17. The number of thioether (sulfide) groups is 1. The fourth-order valence-electron chi connectivity index (χ4n) is 1.41. The Hall–Kier alpha value is -0.290. The van der Waals surface area contributed by atoms with Crippen molar-refractivity contribution in [3.05, 3.63) is 0 Å². The van der Waals surface area contributed by atoms with Crippen LogP contribution in [0.25, 0.3) is 0 Å². The van der Waals surface area contributed by atoms with Gasteiger partial charge in [-0.25, -0.2) is 0 Å². The molecule has 0 radical (unpaired) electrons. The molecule has 0 spiro atoms. The Balaban J connectivity index is 1.98. The smallest absolute Gasteiger partial charge is 0.206 e. The van der Waals surface area contributed by atoms with Gasteiger partial charge in [0.2, 0.25) is 5.13 Å². The number of hydrogen-bond donors (Lipinski definition) is 1. The van der Waals surface area contributed by atoms with E-state index >= 15 is 0 Å². The molecule has 0 aromatic carbocycles. The SMILES string of the molecule is CCCCCCCCSc1nnc(NC)s1. The van der Waals surface area contributed by atoms with E-state index in [1.54, 1.807) is 11.3 Å². The largest absolute Gasteiger partial charge is 0.363 e. The third-order valence-electron chi connectivity index (χ3n) is 2.34. The molecule has 0 fully saturated rings. The van der Waals surface area contributed by atoms with E-state index in [2.05, 4.69) is 22.4 Å². The molecule has 0 amide bonds. The van der Waals surface area contributed by atoms with Crippen molar-refractivity contribution in [3.8, 4) is 0 Å². The Kier molecular flexibility index (Phi) is 7.59. The van der Waals surface area contributed by atoms with Crippen molar-refractivity contribution in [2.75, 3.05) is 18.1 Å². The number of rotatable bonds is 9. The molecule has 0 saturated heterocycles. The molecule has 0 atom stereocenters. The van der Waals surface area contributed by atoms with Gasteiger partial charge in [0.1, 0.15) is 0 Å². The first kappa shape index (κ1) is 13.8. The predicted molar refractivity (Wildman–Crippen MR) is 73.6 cm³/mol. The van der Waals surface area contributed by atoms with E-state index in [1.807, 2.05) is 18.8 Å². The van der Waals surface area contributed by atoms with Gasteiger partial charge in [-0.15, -0.1) is 10.2 Å². The Bertz CT molecular complexity index is 276. The fourth-order valence-corrected chi connectivity index (χ4v) is 3.19. The van der Waals surface area contributed by atoms with Crippen LogP contribution >= 0.6 is 23.1 Å². The fraction of sp³-hybridized carbons (Fsp3) is 0.818. The minimum absolute atomic E-state index is 0.908. The Morgan fingerprint density at radius 1 is 1.12 bits per heavy atom. The standard InChI is InChI=1S/C11H21N3S2/c1-3-4-5-6-7-8-9-15-11-14-13-10(12-2)16-11/h3-9H2,1-2H3,(H,12,13). The summed E-state index contributed by atoms with van der Waals surface area (Å²) in [6.45, 7) is 2.25. The summed E-state index contributed by atoms with van der Waals surface area (Å²) in [6, 6.07) is 0. The summed E-state index contributed by atoms with van der Waals surface area (Å²) >= 11 is 3.46. The first-order valence-electron chi connectivity index (χ1n) is 6.01. The van der Waals surface area contributed by atoms with E-state index in [-0.39, 0.29) is 0 Å². The van der Waals surface area contributed by atoms with Crippen molar-refractivity contribution in [3.63, 3.8) is 0 Å². The molecule has 0 saturated carbocycles. The number of aromatic nitrogens is 2. The van der Waals surface area contributed by atoms with Gasteiger partial charge in [-0.3, -0.25) is 0 Å². The van der Waals surface area contributed by atoms with Crippen LogP contribution in [0.4, 0.5) is 5.13 Å². The maximum Gasteiger partial charge on any atom is 0.206 e. The minimum Gasteiger partial charge on any atom is -0.363 e. The minimum atomic E-state index is 0.908. The van der Waals surface area contributed by atoms with Crippen LogP contribution in [0.3, 0.4) is 0 Å². The molecule has 0 aliphatic heterocycles. The lowest BCUT2D eigenvalue weighted by molar-refractivity contribution is 0.627. The molecule has 1 aromatic rings. The number of hydrogen-bond acceptors (Lipinski definition) is 5. The van der Waals surface area contributed by atoms with Crippen molar-refractivity contribution in [1.82, 2.24) is 10.2 Å². The van der Waals surface area contributed by atoms with Crippen molar-refractivity contribution >= 4 is 28.2 Å². The monoisotopic (exact) mass is 259 g/mol. The molecular formula is C11H21N3S2. The van der Waals surface area contributed by atoms with Gasteiger partial charge in [0.15, 0.2) is 4.34 Å². The van der Waals surface area contributed by atoms with E-state index in [4.69, 9.17) is 0 Å². The van der Waals surface area contributed by atoms with E-state index in [0.29, 0.717) is 0 Å². The molecule has 5 heteroatoms. The maximum atomic E-state index is 4.10. The van der Waals surface area contributed by atoms with Gasteiger partial charge in [0.05, 0.1) is 0 Å². The highest BCUT2D eigenvalue weighted by atomic mass is 32.2. The maximum absolute atomic E-state index is 4.10. The molecule has 1 aromatic heterocycles. The van der Waals surface area contributed by atoms with E-state index in [9.17, 15) is 0 Å². The predicted octanol–water partition coefficient (Wildman–Crippen LogP) is 4.03. The van der Waals surface area contributed by atoms with E-state index in [1.165, 1.54) is 44.3 Å². The molecule has 3 nitrogen and oxygen atoms in total. The summed E-state index contributed by atoms with van der Waals surface area (Å²) in [5.41, 5.74) is 0. The highest BCUT2D eigenvalue weighted by Gasteiger charge is 2.02. The lowest BCUT2D eigenvalue weighted by atomic mass is 10.1. The molecule has 0 aliphatic rings. The van der Waals surface area contributed by atoms with E-state index in [0.717, 1.165) is 9.47 Å². The van der Waals surface area contributed by atoms with Crippen LogP contribution in [0.15, 0.2) is 4.34 Å². The Morgan fingerprint density at radius 3 is 2.56 bits per heavy atom. The molecule has 1 N–H and O–H groups in total. The van der Waals surface area contributed by atoms with Crippen molar-refractivity contribution < 1.29 is 0 Å². The highest BCUT2D eigenvalue weighted by Crippen LogP contribution is 2.25. The van der Waals surface area contributed by atoms with Gasteiger partial charge >= 0.3 is 0 Å². The summed E-state index contributed by atoms with van der Waals surface area (Å²) in [5, 5.41) is 12.0. The summed E-state index contributed by atoms with van der Waals surface area (Å²) in [4.78, 5) is 0. The lowest BCUT2D eigenvalue weighted by Gasteiger charge is -1.98. The quantitative estimate of drug-likeness (QED) is 0.536. The zero-order chi connectivity index (χ0) is 11.6.